The summed E-state index contributed by atoms with van der Waals surface area (Å²) in [7, 11) is 0. The molecule has 0 fully saturated rings. The van der Waals surface area contributed by atoms with Crippen LogP contribution in [0.25, 0.3) is 0 Å². The maximum atomic E-state index is 11.5. The number of ether oxygens (including phenoxy) is 2. The predicted molar refractivity (Wildman–Crippen MR) is 73.7 cm³/mol. The van der Waals surface area contributed by atoms with Crippen LogP contribution in [-0.2, 0) is 16.1 Å². The summed E-state index contributed by atoms with van der Waals surface area (Å²) < 4.78 is 10.4. The molecule has 1 aromatic rings. The van der Waals surface area contributed by atoms with E-state index < -0.39 is 18.4 Å². The summed E-state index contributed by atoms with van der Waals surface area (Å²) in [5.74, 6) is -0.616. The zero-order chi connectivity index (χ0) is 15.9. The van der Waals surface area contributed by atoms with Crippen LogP contribution in [0.3, 0.4) is 0 Å². The molecule has 22 heavy (non-hydrogen) atoms. The van der Waals surface area contributed by atoms with E-state index in [2.05, 4.69) is 10.6 Å². The third-order valence-electron chi connectivity index (χ3n) is 2.75. The molecule has 0 saturated heterocycles. The standard InChI is InChI=1S/C14H13N3O5/c15-4-10(14(20)17-7-13(18)19)6-16-5-9-1-2-11-12(3-9)22-8-21-11/h1-3,6,16H,5,7-8H2,(H,17,20)(H,18,19)/b10-6-. The Balaban J connectivity index is 1.91. The summed E-state index contributed by atoms with van der Waals surface area (Å²) >= 11 is 0. The number of fused-ring (bicyclic) bond motifs is 1. The van der Waals surface area contributed by atoms with Gasteiger partial charge in [0.2, 0.25) is 6.79 Å². The molecule has 1 aliphatic heterocycles. The van der Waals surface area contributed by atoms with Crippen molar-refractivity contribution < 1.29 is 24.2 Å². The number of hydrogen-bond acceptors (Lipinski definition) is 6. The van der Waals surface area contributed by atoms with Gasteiger partial charge in [-0.1, -0.05) is 6.07 Å². The van der Waals surface area contributed by atoms with Gasteiger partial charge >= 0.3 is 5.97 Å². The summed E-state index contributed by atoms with van der Waals surface area (Å²) in [6, 6.07) is 7.09. The highest BCUT2D eigenvalue weighted by molar-refractivity contribution is 5.98. The van der Waals surface area contributed by atoms with Crippen LogP contribution in [0, 0.1) is 11.3 Å². The molecular formula is C14H13N3O5. The van der Waals surface area contributed by atoms with E-state index in [0.717, 1.165) is 5.56 Å². The molecule has 0 bridgehead atoms. The first kappa shape index (κ1) is 15.2. The van der Waals surface area contributed by atoms with Crippen LogP contribution in [0.1, 0.15) is 5.56 Å². The number of carboxylic acid groups (broad SMARTS) is 1. The molecule has 1 aliphatic rings. The van der Waals surface area contributed by atoms with Crippen molar-refractivity contribution in [1.82, 2.24) is 10.6 Å². The van der Waals surface area contributed by atoms with Gasteiger partial charge in [0.1, 0.15) is 18.2 Å². The molecule has 8 nitrogen and oxygen atoms in total. The lowest BCUT2D eigenvalue weighted by Gasteiger charge is -2.04. The molecule has 0 unspecified atom stereocenters. The van der Waals surface area contributed by atoms with Gasteiger partial charge in [0.15, 0.2) is 11.5 Å². The van der Waals surface area contributed by atoms with Gasteiger partial charge in [-0.05, 0) is 17.7 Å². The van der Waals surface area contributed by atoms with Crippen molar-refractivity contribution in [3.63, 3.8) is 0 Å². The van der Waals surface area contributed by atoms with Gasteiger partial charge in [-0.2, -0.15) is 5.26 Å². The van der Waals surface area contributed by atoms with Crippen LogP contribution in [0.2, 0.25) is 0 Å². The van der Waals surface area contributed by atoms with Crippen LogP contribution in [-0.4, -0.2) is 30.3 Å². The van der Waals surface area contributed by atoms with Crippen molar-refractivity contribution >= 4 is 11.9 Å². The Hall–Kier alpha value is -3.21. The van der Waals surface area contributed by atoms with Crippen LogP contribution < -0.4 is 20.1 Å². The van der Waals surface area contributed by atoms with Gasteiger partial charge in [-0.3, -0.25) is 9.59 Å². The van der Waals surface area contributed by atoms with E-state index in [-0.39, 0.29) is 12.4 Å². The van der Waals surface area contributed by atoms with E-state index in [4.69, 9.17) is 19.8 Å². The Labute approximate surface area is 125 Å². The molecule has 2 rings (SSSR count). The maximum Gasteiger partial charge on any atom is 0.322 e. The Morgan fingerprint density at radius 1 is 1.36 bits per heavy atom. The lowest BCUT2D eigenvalue weighted by molar-refractivity contribution is -0.137. The molecule has 0 aliphatic carbocycles. The monoisotopic (exact) mass is 303 g/mol. The van der Waals surface area contributed by atoms with Crippen molar-refractivity contribution in [3.8, 4) is 17.6 Å². The van der Waals surface area contributed by atoms with Crippen molar-refractivity contribution in [2.24, 2.45) is 0 Å². The second kappa shape index (κ2) is 6.99. The Morgan fingerprint density at radius 3 is 2.86 bits per heavy atom. The van der Waals surface area contributed by atoms with Gasteiger partial charge < -0.3 is 25.2 Å². The minimum atomic E-state index is -1.18. The topological polar surface area (TPSA) is 121 Å². The van der Waals surface area contributed by atoms with Gasteiger partial charge in [-0.25, -0.2) is 0 Å². The third kappa shape index (κ3) is 3.89. The van der Waals surface area contributed by atoms with E-state index in [0.29, 0.717) is 18.0 Å². The molecule has 0 saturated carbocycles. The highest BCUT2D eigenvalue weighted by Gasteiger charge is 2.13. The summed E-state index contributed by atoms with van der Waals surface area (Å²) in [6.45, 7) is 0.0164. The third-order valence-corrected chi connectivity index (χ3v) is 2.75. The van der Waals surface area contributed by atoms with Crippen molar-refractivity contribution in [2.45, 2.75) is 6.54 Å². The molecule has 0 atom stereocenters. The van der Waals surface area contributed by atoms with Gasteiger partial charge in [0.25, 0.3) is 5.91 Å². The van der Waals surface area contributed by atoms with Crippen molar-refractivity contribution in [1.29, 1.82) is 5.26 Å². The fraction of sp³-hybridized carbons (Fsp3) is 0.214. The first-order valence-electron chi connectivity index (χ1n) is 6.32. The van der Waals surface area contributed by atoms with Gasteiger partial charge in [-0.15, -0.1) is 0 Å². The predicted octanol–water partition coefficient (Wildman–Crippen LogP) is 0.113. The zero-order valence-electron chi connectivity index (χ0n) is 11.5. The minimum Gasteiger partial charge on any atom is -0.480 e. The molecule has 1 aromatic carbocycles. The molecular weight excluding hydrogens is 290 g/mol. The zero-order valence-corrected chi connectivity index (χ0v) is 11.5. The fourth-order valence-corrected chi connectivity index (χ4v) is 1.72. The Bertz CT molecular complexity index is 663. The van der Waals surface area contributed by atoms with Crippen LogP contribution in [0.5, 0.6) is 11.5 Å². The average molecular weight is 303 g/mol. The number of hydrogen-bond donors (Lipinski definition) is 3. The summed E-state index contributed by atoms with van der Waals surface area (Å²) in [6.07, 6.45) is 1.24. The number of nitrogens with zero attached hydrogens (tertiary/aromatic N) is 1. The lowest BCUT2D eigenvalue weighted by atomic mass is 10.2. The summed E-state index contributed by atoms with van der Waals surface area (Å²) in [5, 5.41) is 22.3. The second-order valence-electron chi connectivity index (χ2n) is 4.31. The number of aliphatic carboxylic acids is 1. The van der Waals surface area contributed by atoms with Crippen LogP contribution in [0.15, 0.2) is 30.0 Å². The van der Waals surface area contributed by atoms with Crippen LogP contribution in [0.4, 0.5) is 0 Å². The fourth-order valence-electron chi connectivity index (χ4n) is 1.72. The van der Waals surface area contributed by atoms with Gasteiger partial charge in [0, 0.05) is 12.7 Å². The molecule has 0 spiro atoms. The number of amides is 1. The molecule has 0 radical (unpaired) electrons. The second-order valence-corrected chi connectivity index (χ2v) is 4.31. The average Bonchev–Trinajstić information content (AvgIpc) is 2.96. The number of nitrogens with one attached hydrogen (secondary N) is 2. The summed E-state index contributed by atoms with van der Waals surface area (Å²) in [4.78, 5) is 21.9. The number of nitriles is 1. The smallest absolute Gasteiger partial charge is 0.322 e. The van der Waals surface area contributed by atoms with Crippen LogP contribution >= 0.6 is 0 Å². The number of rotatable bonds is 6. The number of carbonyl (C=O) groups excluding carboxylic acids is 1. The van der Waals surface area contributed by atoms with Crippen molar-refractivity contribution in [3.05, 3.63) is 35.5 Å². The van der Waals surface area contributed by atoms with E-state index in [1.54, 1.807) is 18.2 Å². The van der Waals surface area contributed by atoms with Gasteiger partial charge in [0.05, 0.1) is 0 Å². The van der Waals surface area contributed by atoms with E-state index in [1.807, 2.05) is 6.07 Å². The highest BCUT2D eigenvalue weighted by atomic mass is 16.7. The maximum absolute atomic E-state index is 11.5. The summed E-state index contributed by atoms with van der Waals surface area (Å²) in [5.41, 5.74) is 0.672. The lowest BCUT2D eigenvalue weighted by Crippen LogP contribution is -2.30. The molecule has 8 heteroatoms. The SMILES string of the molecule is N#C/C(=C/NCc1ccc2c(c1)OCO2)C(=O)NCC(=O)O. The number of benzene rings is 1. The van der Waals surface area contributed by atoms with E-state index in [9.17, 15) is 9.59 Å². The largest absolute Gasteiger partial charge is 0.480 e. The van der Waals surface area contributed by atoms with E-state index in [1.165, 1.54) is 6.20 Å². The van der Waals surface area contributed by atoms with E-state index >= 15 is 0 Å². The Morgan fingerprint density at radius 2 is 2.14 bits per heavy atom. The minimum absolute atomic E-state index is 0.189. The first-order valence-corrected chi connectivity index (χ1v) is 6.32. The first-order chi connectivity index (χ1) is 10.6. The normalized spacial score (nSPS) is 12.4. The molecule has 0 aromatic heterocycles. The quantitative estimate of drug-likeness (QED) is 0.504. The highest BCUT2D eigenvalue weighted by Crippen LogP contribution is 2.32. The molecule has 1 heterocycles. The van der Waals surface area contributed by atoms with Crippen molar-refractivity contribution in [2.75, 3.05) is 13.3 Å². The number of carbonyl (C=O) groups is 2. The molecule has 1 amide bonds. The molecule has 114 valence electrons. The number of carboxylic acids is 1. The Kier molecular flexibility index (Phi) is 4.82. The molecule has 3 N–H and O–H groups in total.